The van der Waals surface area contributed by atoms with Crippen LogP contribution in [0.3, 0.4) is 0 Å². The van der Waals surface area contributed by atoms with E-state index in [1.165, 1.54) is 0 Å². The van der Waals surface area contributed by atoms with E-state index in [0.717, 1.165) is 16.5 Å². The normalized spacial score (nSPS) is 17.8. The first-order valence-corrected chi connectivity index (χ1v) is 12.1. The van der Waals surface area contributed by atoms with Crippen LogP contribution in [0.5, 0.6) is 5.75 Å². The monoisotopic (exact) mass is 507 g/mol. The average Bonchev–Trinajstić information content (AvgIpc) is 3.23. The fraction of sp³-hybridized carbons (Fsp3) is 0.385. The van der Waals surface area contributed by atoms with Gasteiger partial charge in [0.1, 0.15) is 12.4 Å². The number of hydrogen-bond acceptors (Lipinski definition) is 9. The Morgan fingerprint density at radius 3 is 2.81 bits per heavy atom. The summed E-state index contributed by atoms with van der Waals surface area (Å²) in [6.45, 7) is 2.85. The number of amides is 1. The van der Waals surface area contributed by atoms with Crippen LogP contribution in [0.15, 0.2) is 29.1 Å². The second-order valence-corrected chi connectivity index (χ2v) is 9.55. The van der Waals surface area contributed by atoms with Crippen molar-refractivity contribution in [1.82, 2.24) is 19.8 Å². The first-order valence-electron chi connectivity index (χ1n) is 12.1. The summed E-state index contributed by atoms with van der Waals surface area (Å²) in [6.07, 6.45) is -0.515. The zero-order valence-corrected chi connectivity index (χ0v) is 21.0. The minimum absolute atomic E-state index is 0.0786. The molecule has 2 aliphatic heterocycles. The molecule has 4 heterocycles. The number of aromatic nitrogens is 2. The van der Waals surface area contributed by atoms with Crippen LogP contribution in [-0.4, -0.2) is 58.8 Å². The van der Waals surface area contributed by atoms with E-state index in [1.54, 1.807) is 29.7 Å². The highest BCUT2D eigenvalue weighted by atomic mass is 16.6. The Bertz CT molecular complexity index is 1500. The summed E-state index contributed by atoms with van der Waals surface area (Å²) < 4.78 is 12.3. The Hall–Kier alpha value is -3.80. The van der Waals surface area contributed by atoms with Crippen LogP contribution in [0.25, 0.3) is 22.3 Å². The quantitative estimate of drug-likeness (QED) is 0.327. The molecule has 0 bridgehead atoms. The number of rotatable bonds is 6. The molecule has 5 rings (SSSR count). The van der Waals surface area contributed by atoms with Crippen LogP contribution in [0.1, 0.15) is 35.6 Å². The Balaban J connectivity index is 1.65. The van der Waals surface area contributed by atoms with Crippen molar-refractivity contribution < 1.29 is 24.2 Å². The Kier molecular flexibility index (Phi) is 6.22. The zero-order valence-electron chi connectivity index (χ0n) is 21.0. The molecule has 0 saturated carbocycles. The zero-order chi connectivity index (χ0) is 26.5. The number of nitrogens with zero attached hydrogens (tertiary/aromatic N) is 3. The number of ether oxygens (including phenoxy) is 2. The number of fused-ring (bicyclic) bond motifs is 5. The van der Waals surface area contributed by atoms with E-state index < -0.39 is 17.7 Å². The topological polar surface area (TPSA) is 149 Å². The predicted molar refractivity (Wildman–Crippen MR) is 135 cm³/mol. The van der Waals surface area contributed by atoms with Crippen LogP contribution < -0.4 is 21.3 Å². The van der Waals surface area contributed by atoms with E-state index in [1.807, 2.05) is 25.1 Å². The molecule has 0 aliphatic carbocycles. The van der Waals surface area contributed by atoms with Gasteiger partial charge in [-0.1, -0.05) is 6.92 Å². The fourth-order valence-electron chi connectivity index (χ4n) is 4.98. The third-order valence-electron chi connectivity index (χ3n) is 6.85. The SMILES string of the molecule is CC[C@@]1(O)C(=O)OCc2c1cc1n(c2=O)Cc2cc3c(CN(C)C)c(OC(=O)NCCN)ccc3nc2-1. The van der Waals surface area contributed by atoms with Crippen molar-refractivity contribution in [1.29, 1.82) is 0 Å². The van der Waals surface area contributed by atoms with Gasteiger partial charge in [-0.2, -0.15) is 0 Å². The summed E-state index contributed by atoms with van der Waals surface area (Å²) in [5, 5.41) is 14.5. The summed E-state index contributed by atoms with van der Waals surface area (Å²) >= 11 is 0. The lowest BCUT2D eigenvalue weighted by Gasteiger charge is -2.31. The number of aliphatic hydroxyl groups is 1. The lowest BCUT2D eigenvalue weighted by atomic mass is 9.86. The number of carbonyl (C=O) groups excluding carboxylic acids is 2. The van der Waals surface area contributed by atoms with Crippen molar-refractivity contribution in [2.24, 2.45) is 5.73 Å². The van der Waals surface area contributed by atoms with Crippen molar-refractivity contribution in [3.05, 3.63) is 56.9 Å². The van der Waals surface area contributed by atoms with Crippen molar-refractivity contribution in [2.75, 3.05) is 27.2 Å². The molecule has 0 fully saturated rings. The van der Waals surface area contributed by atoms with Gasteiger partial charge in [-0.15, -0.1) is 0 Å². The molecule has 4 N–H and O–H groups in total. The van der Waals surface area contributed by atoms with Gasteiger partial charge in [0.05, 0.1) is 29.0 Å². The average molecular weight is 508 g/mol. The highest BCUT2D eigenvalue weighted by Crippen LogP contribution is 2.39. The van der Waals surface area contributed by atoms with E-state index in [9.17, 15) is 19.5 Å². The summed E-state index contributed by atoms with van der Waals surface area (Å²) in [5.74, 6) is -0.350. The molecule has 2 aliphatic rings. The minimum atomic E-state index is -1.88. The lowest BCUT2D eigenvalue weighted by Crippen LogP contribution is -2.44. The van der Waals surface area contributed by atoms with Gasteiger partial charge < -0.3 is 35.1 Å². The van der Waals surface area contributed by atoms with Gasteiger partial charge in [0.15, 0.2) is 5.60 Å². The largest absolute Gasteiger partial charge is 0.458 e. The molecule has 194 valence electrons. The summed E-state index contributed by atoms with van der Waals surface area (Å²) in [4.78, 5) is 44.9. The number of hydrogen-bond donors (Lipinski definition) is 3. The van der Waals surface area contributed by atoms with Gasteiger partial charge in [0.2, 0.25) is 0 Å². The van der Waals surface area contributed by atoms with Crippen LogP contribution in [0.2, 0.25) is 0 Å². The van der Waals surface area contributed by atoms with Crippen molar-refractivity contribution in [3.8, 4) is 17.1 Å². The lowest BCUT2D eigenvalue weighted by molar-refractivity contribution is -0.172. The van der Waals surface area contributed by atoms with Crippen LogP contribution in [0.4, 0.5) is 4.79 Å². The molecule has 0 unspecified atom stereocenters. The summed E-state index contributed by atoms with van der Waals surface area (Å²) in [6, 6.07) is 7.11. The number of esters is 1. The first-order chi connectivity index (χ1) is 17.7. The molecular weight excluding hydrogens is 478 g/mol. The number of pyridine rings is 2. The third-order valence-corrected chi connectivity index (χ3v) is 6.85. The molecule has 0 spiro atoms. The standard InChI is InChI=1S/C26H29N5O6/c1-4-26(35)18-10-20-22-14(11-31(20)23(32)17(18)13-36-24(26)33)9-15-16(12-30(2)3)21(6-5-19(15)29-22)37-25(34)28-8-7-27/h5-6,9-10,35H,4,7-8,11-13,27H2,1-3H3,(H,28,34)/t26-/m0/s1. The minimum Gasteiger partial charge on any atom is -0.458 e. The number of benzene rings is 1. The number of nitrogens with one attached hydrogen (secondary N) is 1. The number of cyclic esters (lactones) is 1. The molecule has 2 aromatic heterocycles. The van der Waals surface area contributed by atoms with E-state index in [2.05, 4.69) is 5.32 Å². The molecule has 1 atom stereocenters. The third kappa shape index (κ3) is 4.05. The Labute approximate surface area is 212 Å². The van der Waals surface area contributed by atoms with Gasteiger partial charge in [0, 0.05) is 41.7 Å². The predicted octanol–water partition coefficient (Wildman–Crippen LogP) is 1.19. The molecule has 1 amide bonds. The molecule has 0 radical (unpaired) electrons. The highest BCUT2D eigenvalue weighted by molar-refractivity contribution is 5.90. The number of nitrogens with two attached hydrogens (primary N) is 1. The molecule has 37 heavy (non-hydrogen) atoms. The molecular formula is C26H29N5O6. The smallest absolute Gasteiger partial charge is 0.412 e. The van der Waals surface area contributed by atoms with Crippen LogP contribution in [0, 0.1) is 0 Å². The van der Waals surface area contributed by atoms with Crippen LogP contribution >= 0.6 is 0 Å². The maximum Gasteiger partial charge on any atom is 0.412 e. The highest BCUT2D eigenvalue weighted by Gasteiger charge is 2.45. The molecule has 11 nitrogen and oxygen atoms in total. The van der Waals surface area contributed by atoms with Crippen molar-refractivity contribution in [3.63, 3.8) is 0 Å². The molecule has 11 heteroatoms. The van der Waals surface area contributed by atoms with Crippen LogP contribution in [-0.2, 0) is 34.8 Å². The van der Waals surface area contributed by atoms with E-state index in [-0.39, 0.29) is 36.3 Å². The molecule has 1 aromatic carbocycles. The van der Waals surface area contributed by atoms with Crippen molar-refractivity contribution >= 4 is 23.0 Å². The molecule has 3 aromatic rings. The Morgan fingerprint density at radius 2 is 2.11 bits per heavy atom. The van der Waals surface area contributed by atoms with Gasteiger partial charge in [0.25, 0.3) is 5.56 Å². The fourth-order valence-corrected chi connectivity index (χ4v) is 4.98. The maximum atomic E-state index is 13.4. The Morgan fingerprint density at radius 1 is 1.32 bits per heavy atom. The second kappa shape index (κ2) is 9.25. The molecule has 0 saturated heterocycles. The van der Waals surface area contributed by atoms with Gasteiger partial charge in [-0.25, -0.2) is 14.6 Å². The van der Waals surface area contributed by atoms with Gasteiger partial charge >= 0.3 is 12.1 Å². The van der Waals surface area contributed by atoms with Gasteiger partial charge in [-0.3, -0.25) is 4.79 Å². The van der Waals surface area contributed by atoms with Gasteiger partial charge in [-0.05, 0) is 44.8 Å². The first kappa shape index (κ1) is 24.9. The van der Waals surface area contributed by atoms with E-state index in [0.29, 0.717) is 42.3 Å². The van der Waals surface area contributed by atoms with Crippen molar-refractivity contribution in [2.45, 2.75) is 38.6 Å². The second-order valence-electron chi connectivity index (χ2n) is 9.55. The number of carbonyl (C=O) groups is 2. The van der Waals surface area contributed by atoms with E-state index in [4.69, 9.17) is 20.2 Å². The summed E-state index contributed by atoms with van der Waals surface area (Å²) in [5.41, 5.74) is 7.22. The van der Waals surface area contributed by atoms with E-state index >= 15 is 0 Å². The summed E-state index contributed by atoms with van der Waals surface area (Å²) in [7, 11) is 3.83. The maximum absolute atomic E-state index is 13.4.